The van der Waals surface area contributed by atoms with Crippen molar-refractivity contribution in [1.82, 2.24) is 4.90 Å². The number of nitrogens with one attached hydrogen (secondary N) is 1. The van der Waals surface area contributed by atoms with Crippen molar-refractivity contribution in [3.05, 3.63) is 54.1 Å². The normalized spacial score (nSPS) is 14.3. The number of anilines is 2. The fourth-order valence-corrected chi connectivity index (χ4v) is 3.80. The SMILES string of the molecule is Cc1cc(NC(=O)C2CCN(C(=O)CCOc3ccccc3)CC2)ccc1N(C)C. The van der Waals surface area contributed by atoms with Crippen LogP contribution in [0.25, 0.3) is 0 Å². The number of amides is 2. The molecule has 160 valence electrons. The maximum atomic E-state index is 12.7. The molecule has 1 heterocycles. The number of ether oxygens (including phenoxy) is 1. The quantitative estimate of drug-likeness (QED) is 0.757. The second-order valence-electron chi connectivity index (χ2n) is 7.95. The second-order valence-corrected chi connectivity index (χ2v) is 7.95. The van der Waals surface area contributed by atoms with Gasteiger partial charge >= 0.3 is 0 Å². The number of carbonyl (C=O) groups is 2. The highest BCUT2D eigenvalue weighted by atomic mass is 16.5. The Morgan fingerprint density at radius 2 is 1.80 bits per heavy atom. The molecule has 0 atom stereocenters. The largest absolute Gasteiger partial charge is 0.493 e. The Morgan fingerprint density at radius 1 is 1.10 bits per heavy atom. The summed E-state index contributed by atoms with van der Waals surface area (Å²) in [5.41, 5.74) is 3.08. The van der Waals surface area contributed by atoms with Crippen molar-refractivity contribution in [2.45, 2.75) is 26.2 Å². The lowest BCUT2D eigenvalue weighted by Crippen LogP contribution is -2.41. The number of nitrogens with zero attached hydrogens (tertiary/aromatic N) is 2. The highest BCUT2D eigenvalue weighted by Gasteiger charge is 2.27. The van der Waals surface area contributed by atoms with E-state index in [4.69, 9.17) is 4.74 Å². The van der Waals surface area contributed by atoms with Crippen LogP contribution in [0.3, 0.4) is 0 Å². The molecule has 2 aromatic carbocycles. The van der Waals surface area contributed by atoms with Gasteiger partial charge in [-0.25, -0.2) is 0 Å². The molecule has 0 radical (unpaired) electrons. The molecular weight excluding hydrogens is 378 g/mol. The van der Waals surface area contributed by atoms with E-state index in [9.17, 15) is 9.59 Å². The molecule has 1 aliphatic rings. The number of likely N-dealkylation sites (tertiary alicyclic amines) is 1. The van der Waals surface area contributed by atoms with E-state index in [1.54, 1.807) is 0 Å². The number of para-hydroxylation sites is 1. The van der Waals surface area contributed by atoms with Crippen LogP contribution in [-0.4, -0.2) is 50.5 Å². The van der Waals surface area contributed by atoms with Crippen LogP contribution in [0, 0.1) is 12.8 Å². The van der Waals surface area contributed by atoms with E-state index >= 15 is 0 Å². The molecule has 2 amide bonds. The van der Waals surface area contributed by atoms with Gasteiger partial charge in [-0.15, -0.1) is 0 Å². The molecule has 1 saturated heterocycles. The Kier molecular flexibility index (Phi) is 7.33. The van der Waals surface area contributed by atoms with Crippen molar-refractivity contribution in [2.75, 3.05) is 44.0 Å². The van der Waals surface area contributed by atoms with E-state index in [1.165, 1.54) is 0 Å². The Balaban J connectivity index is 1.42. The van der Waals surface area contributed by atoms with Gasteiger partial charge in [0.2, 0.25) is 11.8 Å². The average molecular weight is 410 g/mol. The number of carbonyl (C=O) groups excluding carboxylic acids is 2. The predicted molar refractivity (Wildman–Crippen MR) is 120 cm³/mol. The maximum absolute atomic E-state index is 12.7. The molecular formula is C24H31N3O3. The molecule has 0 aliphatic carbocycles. The minimum atomic E-state index is -0.0662. The van der Waals surface area contributed by atoms with Crippen LogP contribution in [0.15, 0.2) is 48.5 Å². The van der Waals surface area contributed by atoms with E-state index in [-0.39, 0.29) is 17.7 Å². The van der Waals surface area contributed by atoms with Gasteiger partial charge in [0.15, 0.2) is 0 Å². The number of piperidine rings is 1. The zero-order valence-corrected chi connectivity index (χ0v) is 18.1. The van der Waals surface area contributed by atoms with Gasteiger partial charge in [0.05, 0.1) is 13.0 Å². The molecule has 2 aromatic rings. The van der Waals surface area contributed by atoms with E-state index in [2.05, 4.69) is 10.2 Å². The summed E-state index contributed by atoms with van der Waals surface area (Å²) in [5.74, 6) is 0.823. The lowest BCUT2D eigenvalue weighted by molar-refractivity contribution is -0.135. The predicted octanol–water partition coefficient (Wildman–Crippen LogP) is 3.71. The first-order valence-corrected chi connectivity index (χ1v) is 10.5. The van der Waals surface area contributed by atoms with Gasteiger partial charge in [-0.3, -0.25) is 9.59 Å². The summed E-state index contributed by atoms with van der Waals surface area (Å²) in [4.78, 5) is 29.0. The van der Waals surface area contributed by atoms with Crippen molar-refractivity contribution >= 4 is 23.2 Å². The van der Waals surface area contributed by atoms with Gasteiger partial charge in [0.1, 0.15) is 5.75 Å². The van der Waals surface area contributed by atoms with Crippen LogP contribution in [0.1, 0.15) is 24.8 Å². The summed E-state index contributed by atoms with van der Waals surface area (Å²) in [6, 6.07) is 15.5. The second kappa shape index (κ2) is 10.1. The topological polar surface area (TPSA) is 61.9 Å². The molecule has 30 heavy (non-hydrogen) atoms. The standard InChI is InChI=1S/C24H31N3O3/c1-18-17-20(9-10-22(18)26(2)3)25-24(29)19-11-14-27(15-12-19)23(28)13-16-30-21-7-5-4-6-8-21/h4-10,17,19H,11-16H2,1-3H3,(H,25,29). The highest BCUT2D eigenvalue weighted by molar-refractivity contribution is 5.93. The van der Waals surface area contributed by atoms with Crippen molar-refractivity contribution in [3.63, 3.8) is 0 Å². The van der Waals surface area contributed by atoms with Crippen LogP contribution in [-0.2, 0) is 9.59 Å². The zero-order valence-electron chi connectivity index (χ0n) is 18.1. The van der Waals surface area contributed by atoms with Gasteiger partial charge in [0.25, 0.3) is 0 Å². The molecule has 0 spiro atoms. The van der Waals surface area contributed by atoms with Crippen LogP contribution in [0.5, 0.6) is 5.75 Å². The molecule has 1 fully saturated rings. The third-order valence-corrected chi connectivity index (χ3v) is 5.49. The molecule has 1 N–H and O–H groups in total. The minimum Gasteiger partial charge on any atom is -0.493 e. The molecule has 6 nitrogen and oxygen atoms in total. The third-order valence-electron chi connectivity index (χ3n) is 5.49. The fourth-order valence-electron chi connectivity index (χ4n) is 3.80. The summed E-state index contributed by atoms with van der Waals surface area (Å²) in [6.45, 7) is 3.63. The van der Waals surface area contributed by atoms with Crippen LogP contribution in [0.4, 0.5) is 11.4 Å². The lowest BCUT2D eigenvalue weighted by Gasteiger charge is -2.31. The maximum Gasteiger partial charge on any atom is 0.227 e. The fraction of sp³-hybridized carbons (Fsp3) is 0.417. The van der Waals surface area contributed by atoms with Crippen LogP contribution >= 0.6 is 0 Å². The van der Waals surface area contributed by atoms with E-state index in [1.807, 2.05) is 74.4 Å². The number of hydrogen-bond donors (Lipinski definition) is 1. The first kappa shape index (κ1) is 21.7. The smallest absolute Gasteiger partial charge is 0.227 e. The highest BCUT2D eigenvalue weighted by Crippen LogP contribution is 2.24. The van der Waals surface area contributed by atoms with E-state index in [0.29, 0.717) is 39.0 Å². The van der Waals surface area contributed by atoms with Crippen LogP contribution < -0.4 is 15.0 Å². The summed E-state index contributed by atoms with van der Waals surface area (Å²) in [5, 5.41) is 3.03. The molecule has 6 heteroatoms. The molecule has 0 unspecified atom stereocenters. The van der Waals surface area contributed by atoms with Crippen molar-refractivity contribution in [1.29, 1.82) is 0 Å². The molecule has 3 rings (SSSR count). The van der Waals surface area contributed by atoms with Gasteiger partial charge in [-0.05, 0) is 55.7 Å². The average Bonchev–Trinajstić information content (AvgIpc) is 2.74. The summed E-state index contributed by atoms with van der Waals surface area (Å²) in [7, 11) is 4.01. The summed E-state index contributed by atoms with van der Waals surface area (Å²) in [6.07, 6.45) is 1.72. The van der Waals surface area contributed by atoms with Crippen LogP contribution in [0.2, 0.25) is 0 Å². The summed E-state index contributed by atoms with van der Waals surface area (Å²) < 4.78 is 5.61. The van der Waals surface area contributed by atoms with Gasteiger partial charge in [-0.2, -0.15) is 0 Å². The summed E-state index contributed by atoms with van der Waals surface area (Å²) >= 11 is 0. The third kappa shape index (κ3) is 5.75. The number of rotatable bonds is 7. The van der Waals surface area contributed by atoms with E-state index in [0.717, 1.165) is 22.7 Å². The lowest BCUT2D eigenvalue weighted by atomic mass is 9.95. The number of aryl methyl sites for hydroxylation is 1. The monoisotopic (exact) mass is 409 g/mol. The first-order chi connectivity index (χ1) is 14.4. The molecule has 0 aromatic heterocycles. The number of benzene rings is 2. The minimum absolute atomic E-state index is 0.0338. The Bertz CT molecular complexity index is 859. The zero-order chi connectivity index (χ0) is 21.5. The number of hydrogen-bond acceptors (Lipinski definition) is 4. The van der Waals surface area contributed by atoms with Crippen molar-refractivity contribution in [2.24, 2.45) is 5.92 Å². The Morgan fingerprint density at radius 3 is 2.43 bits per heavy atom. The van der Waals surface area contributed by atoms with Gasteiger partial charge in [0, 0.05) is 44.5 Å². The Labute approximate surface area is 178 Å². The van der Waals surface area contributed by atoms with E-state index < -0.39 is 0 Å². The van der Waals surface area contributed by atoms with Crippen molar-refractivity contribution in [3.8, 4) is 5.75 Å². The first-order valence-electron chi connectivity index (χ1n) is 10.5. The Hall–Kier alpha value is -3.02. The molecule has 0 saturated carbocycles. The van der Waals surface area contributed by atoms with Gasteiger partial charge in [-0.1, -0.05) is 18.2 Å². The molecule has 1 aliphatic heterocycles. The van der Waals surface area contributed by atoms with Crippen molar-refractivity contribution < 1.29 is 14.3 Å². The molecule has 0 bridgehead atoms. The van der Waals surface area contributed by atoms with Gasteiger partial charge < -0.3 is 19.9 Å².